The van der Waals surface area contributed by atoms with Crippen molar-refractivity contribution in [3.05, 3.63) is 101 Å². The summed E-state index contributed by atoms with van der Waals surface area (Å²) in [6.45, 7) is 0.101. The average Bonchev–Trinajstić information content (AvgIpc) is 2.75. The summed E-state index contributed by atoms with van der Waals surface area (Å²) in [5, 5.41) is 13.7. The highest BCUT2D eigenvalue weighted by Crippen LogP contribution is 2.21. The topological polar surface area (TPSA) is 74.7 Å². The number of aromatic amines is 1. The van der Waals surface area contributed by atoms with Gasteiger partial charge in [0, 0.05) is 17.7 Å². The van der Waals surface area contributed by atoms with Gasteiger partial charge in [0.1, 0.15) is 18.1 Å². The van der Waals surface area contributed by atoms with Crippen LogP contribution in [0.5, 0.6) is 5.75 Å². The number of rotatable bonds is 5. The molecule has 2 N–H and O–H groups in total. The van der Waals surface area contributed by atoms with Gasteiger partial charge in [-0.1, -0.05) is 59.8 Å². The van der Waals surface area contributed by atoms with Crippen molar-refractivity contribution in [2.75, 3.05) is 6.61 Å². The van der Waals surface area contributed by atoms with Crippen molar-refractivity contribution in [3.8, 4) is 16.9 Å². The van der Waals surface area contributed by atoms with Crippen LogP contribution in [0.15, 0.2) is 94.9 Å². The van der Waals surface area contributed by atoms with Crippen LogP contribution >= 0.6 is 0 Å². The predicted octanol–water partition coefficient (Wildman–Crippen LogP) is 4.45. The van der Waals surface area contributed by atoms with E-state index in [1.54, 1.807) is 12.1 Å². The standard InChI is InChI=1S/C23H18N2O3/c26-23-13-11-18-10-12-20(14-21(18)24-23)28-15-22(25-27)19-8-6-17(7-9-19)16-4-2-1-3-5-16/h1-14,27H,15H2,(H,24,26)/b25-22+. The first-order valence-electron chi connectivity index (χ1n) is 8.85. The molecule has 5 heteroatoms. The summed E-state index contributed by atoms with van der Waals surface area (Å²) in [5.74, 6) is 0.580. The zero-order chi connectivity index (χ0) is 19.3. The molecule has 0 fully saturated rings. The Kier molecular flexibility index (Phi) is 4.89. The van der Waals surface area contributed by atoms with Crippen LogP contribution in [-0.2, 0) is 0 Å². The zero-order valence-electron chi connectivity index (χ0n) is 15.0. The van der Waals surface area contributed by atoms with Crippen LogP contribution in [0.4, 0.5) is 0 Å². The van der Waals surface area contributed by atoms with Gasteiger partial charge in [-0.05, 0) is 34.7 Å². The van der Waals surface area contributed by atoms with Gasteiger partial charge in [0.15, 0.2) is 0 Å². The summed E-state index contributed by atoms with van der Waals surface area (Å²) >= 11 is 0. The van der Waals surface area contributed by atoms with Gasteiger partial charge in [0.25, 0.3) is 0 Å². The molecule has 1 heterocycles. The van der Waals surface area contributed by atoms with E-state index in [4.69, 9.17) is 4.74 Å². The zero-order valence-corrected chi connectivity index (χ0v) is 15.0. The smallest absolute Gasteiger partial charge is 0.248 e. The number of ether oxygens (including phenoxy) is 1. The van der Waals surface area contributed by atoms with Gasteiger partial charge in [0.2, 0.25) is 5.56 Å². The molecule has 0 saturated heterocycles. The Labute approximate surface area is 161 Å². The fourth-order valence-corrected chi connectivity index (χ4v) is 3.03. The second-order valence-electron chi connectivity index (χ2n) is 6.35. The van der Waals surface area contributed by atoms with Gasteiger partial charge in [-0.2, -0.15) is 0 Å². The van der Waals surface area contributed by atoms with Crippen LogP contribution in [0.1, 0.15) is 5.56 Å². The van der Waals surface area contributed by atoms with Crippen LogP contribution in [-0.4, -0.2) is 22.5 Å². The molecule has 0 atom stereocenters. The van der Waals surface area contributed by atoms with Gasteiger partial charge >= 0.3 is 0 Å². The van der Waals surface area contributed by atoms with E-state index >= 15 is 0 Å². The first kappa shape index (κ1) is 17.5. The second-order valence-corrected chi connectivity index (χ2v) is 6.35. The van der Waals surface area contributed by atoms with E-state index in [0.717, 1.165) is 22.1 Å². The summed E-state index contributed by atoms with van der Waals surface area (Å²) in [6, 6.07) is 26.5. The number of pyridine rings is 1. The normalized spacial score (nSPS) is 11.5. The number of aromatic nitrogens is 1. The highest BCUT2D eigenvalue weighted by Gasteiger charge is 2.07. The van der Waals surface area contributed by atoms with Crippen molar-refractivity contribution in [1.82, 2.24) is 4.98 Å². The maximum atomic E-state index is 11.5. The van der Waals surface area contributed by atoms with E-state index in [1.807, 2.05) is 66.7 Å². The van der Waals surface area contributed by atoms with Crippen molar-refractivity contribution in [3.63, 3.8) is 0 Å². The molecule has 138 valence electrons. The molecule has 3 aromatic carbocycles. The van der Waals surface area contributed by atoms with E-state index in [9.17, 15) is 10.0 Å². The Bertz CT molecular complexity index is 1180. The summed E-state index contributed by atoms with van der Waals surface area (Å²) in [7, 11) is 0. The largest absolute Gasteiger partial charge is 0.487 e. The fraction of sp³-hybridized carbons (Fsp3) is 0.0435. The van der Waals surface area contributed by atoms with Crippen LogP contribution in [0.3, 0.4) is 0 Å². The Hall–Kier alpha value is -3.86. The second kappa shape index (κ2) is 7.80. The van der Waals surface area contributed by atoms with E-state index in [0.29, 0.717) is 17.0 Å². The minimum absolute atomic E-state index is 0.101. The van der Waals surface area contributed by atoms with Crippen molar-refractivity contribution in [1.29, 1.82) is 0 Å². The Morgan fingerprint density at radius 2 is 1.61 bits per heavy atom. The SMILES string of the molecule is O=c1ccc2ccc(OC/C(=N\O)c3ccc(-c4ccccc4)cc3)cc2[nH]1. The van der Waals surface area contributed by atoms with E-state index in [-0.39, 0.29) is 12.2 Å². The highest BCUT2D eigenvalue weighted by molar-refractivity contribution is 6.01. The molecule has 1 aromatic heterocycles. The fourth-order valence-electron chi connectivity index (χ4n) is 3.03. The summed E-state index contributed by atoms with van der Waals surface area (Å²) in [5.41, 5.74) is 3.93. The molecule has 28 heavy (non-hydrogen) atoms. The molecule has 0 amide bonds. The maximum Gasteiger partial charge on any atom is 0.248 e. The van der Waals surface area contributed by atoms with Gasteiger partial charge in [-0.25, -0.2) is 0 Å². The monoisotopic (exact) mass is 370 g/mol. The third-order valence-electron chi connectivity index (χ3n) is 4.52. The Morgan fingerprint density at radius 1 is 0.893 bits per heavy atom. The molecular formula is C23H18N2O3. The Morgan fingerprint density at radius 3 is 2.36 bits per heavy atom. The van der Waals surface area contributed by atoms with Crippen molar-refractivity contribution < 1.29 is 9.94 Å². The number of hydrogen-bond donors (Lipinski definition) is 2. The summed E-state index contributed by atoms with van der Waals surface area (Å²) in [6.07, 6.45) is 0. The van der Waals surface area contributed by atoms with E-state index < -0.39 is 0 Å². The Balaban J connectivity index is 1.50. The molecular weight excluding hydrogens is 352 g/mol. The number of fused-ring (bicyclic) bond motifs is 1. The number of benzene rings is 3. The quantitative estimate of drug-likeness (QED) is 0.310. The first-order chi connectivity index (χ1) is 13.7. The highest BCUT2D eigenvalue weighted by atomic mass is 16.5. The molecule has 0 spiro atoms. The average molecular weight is 370 g/mol. The van der Waals surface area contributed by atoms with E-state index in [2.05, 4.69) is 10.1 Å². The van der Waals surface area contributed by atoms with Gasteiger partial charge < -0.3 is 14.9 Å². The van der Waals surface area contributed by atoms with Crippen molar-refractivity contribution in [2.45, 2.75) is 0 Å². The third-order valence-corrected chi connectivity index (χ3v) is 4.52. The lowest BCUT2D eigenvalue weighted by atomic mass is 10.0. The van der Waals surface area contributed by atoms with Crippen LogP contribution in [0.25, 0.3) is 22.0 Å². The molecule has 5 nitrogen and oxygen atoms in total. The van der Waals surface area contributed by atoms with Crippen LogP contribution in [0.2, 0.25) is 0 Å². The van der Waals surface area contributed by atoms with Crippen molar-refractivity contribution in [2.24, 2.45) is 5.16 Å². The molecule has 0 bridgehead atoms. The molecule has 0 aliphatic heterocycles. The summed E-state index contributed by atoms with van der Waals surface area (Å²) in [4.78, 5) is 14.2. The number of nitrogens with zero attached hydrogens (tertiary/aromatic N) is 1. The minimum atomic E-state index is -0.166. The van der Waals surface area contributed by atoms with Crippen LogP contribution < -0.4 is 10.3 Å². The molecule has 0 unspecified atom stereocenters. The number of H-pyrrole nitrogens is 1. The van der Waals surface area contributed by atoms with Gasteiger partial charge in [-0.15, -0.1) is 0 Å². The minimum Gasteiger partial charge on any atom is -0.487 e. The lowest BCUT2D eigenvalue weighted by molar-refractivity contribution is 0.308. The first-order valence-corrected chi connectivity index (χ1v) is 8.85. The molecule has 4 rings (SSSR count). The molecule has 0 aliphatic carbocycles. The predicted molar refractivity (Wildman–Crippen MR) is 110 cm³/mol. The summed E-state index contributed by atoms with van der Waals surface area (Å²) < 4.78 is 5.76. The van der Waals surface area contributed by atoms with Gasteiger partial charge in [0.05, 0.1) is 5.52 Å². The van der Waals surface area contributed by atoms with Crippen LogP contribution in [0, 0.1) is 0 Å². The molecule has 0 radical (unpaired) electrons. The lowest BCUT2D eigenvalue weighted by Gasteiger charge is -2.10. The molecule has 4 aromatic rings. The number of oxime groups is 1. The van der Waals surface area contributed by atoms with Crippen molar-refractivity contribution >= 4 is 16.6 Å². The number of nitrogens with one attached hydrogen (secondary N) is 1. The van der Waals surface area contributed by atoms with Gasteiger partial charge in [-0.3, -0.25) is 4.79 Å². The van der Waals surface area contributed by atoms with E-state index in [1.165, 1.54) is 6.07 Å². The molecule has 0 aliphatic rings. The molecule has 0 saturated carbocycles. The maximum absolute atomic E-state index is 11.5. The lowest BCUT2D eigenvalue weighted by Crippen LogP contribution is -2.13. The third kappa shape index (κ3) is 3.78. The number of hydrogen-bond acceptors (Lipinski definition) is 4.